The van der Waals surface area contributed by atoms with Gasteiger partial charge in [-0.25, -0.2) is 0 Å². The summed E-state index contributed by atoms with van der Waals surface area (Å²) in [5.41, 5.74) is 2.04. The van der Waals surface area contributed by atoms with Gasteiger partial charge in [0.2, 0.25) is 11.7 Å². The minimum atomic E-state index is -0.608. The van der Waals surface area contributed by atoms with Gasteiger partial charge in [0.25, 0.3) is 5.69 Å². The van der Waals surface area contributed by atoms with Crippen molar-refractivity contribution in [1.82, 2.24) is 0 Å². The third-order valence-corrected chi connectivity index (χ3v) is 4.30. The zero-order valence-corrected chi connectivity index (χ0v) is 16.3. The number of Topliss-reactive ketones (excluding diaryl/α,β-unsaturated/α-hetero) is 1. The zero-order valence-electron chi connectivity index (χ0n) is 16.3. The number of benzene rings is 2. The molecule has 0 heterocycles. The Hall–Kier alpha value is -3.55. The topological polar surface area (TPSA) is 116 Å². The fraction of sp³-hybridized carbons (Fsp3) is 0.286. The third-order valence-electron chi connectivity index (χ3n) is 4.30. The summed E-state index contributed by atoms with van der Waals surface area (Å²) in [4.78, 5) is 46.2. The molecule has 0 bridgehead atoms. The van der Waals surface area contributed by atoms with Crippen molar-refractivity contribution in [2.75, 3.05) is 11.9 Å². The van der Waals surface area contributed by atoms with Crippen LogP contribution in [0.1, 0.15) is 40.7 Å². The van der Waals surface area contributed by atoms with E-state index in [-0.39, 0.29) is 36.4 Å². The molecule has 8 nitrogen and oxygen atoms in total. The standard InChI is InChI=1S/C21H22N2O6/c1-14-6-3-4-7-17(14)22-20(25)8-5-9-21(26)29-13-19(24)16-11-10-15(2)18(12-16)23(27)28/h3-4,6-7,10-12H,5,8-9,13H2,1-2H3,(H,22,25). The highest BCUT2D eigenvalue weighted by molar-refractivity contribution is 5.98. The Labute approximate surface area is 168 Å². The molecule has 2 rings (SSSR count). The van der Waals surface area contributed by atoms with Crippen LogP contribution in [0.15, 0.2) is 42.5 Å². The molecule has 2 aromatic rings. The summed E-state index contributed by atoms with van der Waals surface area (Å²) < 4.78 is 4.92. The minimum Gasteiger partial charge on any atom is -0.457 e. The molecule has 0 unspecified atom stereocenters. The molecule has 0 aliphatic rings. The Morgan fingerprint density at radius 1 is 1.03 bits per heavy atom. The van der Waals surface area contributed by atoms with Gasteiger partial charge in [-0.2, -0.15) is 0 Å². The first-order valence-electron chi connectivity index (χ1n) is 9.07. The van der Waals surface area contributed by atoms with Gasteiger partial charge in [-0.3, -0.25) is 24.5 Å². The largest absolute Gasteiger partial charge is 0.457 e. The van der Waals surface area contributed by atoms with Crippen LogP contribution in [0.4, 0.5) is 11.4 Å². The number of amides is 1. The van der Waals surface area contributed by atoms with Crippen molar-refractivity contribution in [2.45, 2.75) is 33.1 Å². The van der Waals surface area contributed by atoms with Crippen LogP contribution in [0.2, 0.25) is 0 Å². The number of ketones is 1. The van der Waals surface area contributed by atoms with E-state index < -0.39 is 23.3 Å². The number of hydrogen-bond donors (Lipinski definition) is 1. The monoisotopic (exact) mass is 398 g/mol. The molecular weight excluding hydrogens is 376 g/mol. The molecule has 0 aliphatic carbocycles. The van der Waals surface area contributed by atoms with E-state index in [4.69, 9.17) is 4.74 Å². The average molecular weight is 398 g/mol. The summed E-state index contributed by atoms with van der Waals surface area (Å²) in [6.45, 7) is 2.95. The first-order valence-corrected chi connectivity index (χ1v) is 9.07. The summed E-state index contributed by atoms with van der Waals surface area (Å²) in [6, 6.07) is 11.5. The number of hydrogen-bond acceptors (Lipinski definition) is 6. The maximum absolute atomic E-state index is 12.1. The van der Waals surface area contributed by atoms with Crippen LogP contribution in [-0.2, 0) is 14.3 Å². The van der Waals surface area contributed by atoms with E-state index >= 15 is 0 Å². The normalized spacial score (nSPS) is 10.3. The molecule has 8 heteroatoms. The predicted molar refractivity (Wildman–Crippen MR) is 107 cm³/mol. The van der Waals surface area contributed by atoms with Gasteiger partial charge >= 0.3 is 5.97 Å². The average Bonchev–Trinajstić information content (AvgIpc) is 2.68. The zero-order chi connectivity index (χ0) is 21.4. The van der Waals surface area contributed by atoms with Crippen LogP contribution < -0.4 is 5.32 Å². The minimum absolute atomic E-state index is 0.0114. The van der Waals surface area contributed by atoms with Crippen molar-refractivity contribution in [3.63, 3.8) is 0 Å². The molecule has 0 radical (unpaired) electrons. The van der Waals surface area contributed by atoms with Gasteiger partial charge in [-0.1, -0.05) is 30.3 Å². The number of anilines is 1. The van der Waals surface area contributed by atoms with E-state index in [1.54, 1.807) is 13.0 Å². The maximum atomic E-state index is 12.1. The van der Waals surface area contributed by atoms with Gasteiger partial charge in [0.15, 0.2) is 6.61 Å². The van der Waals surface area contributed by atoms with Crippen LogP contribution >= 0.6 is 0 Å². The predicted octanol–water partition coefficient (Wildman–Crippen LogP) is 3.75. The molecule has 0 saturated carbocycles. The van der Waals surface area contributed by atoms with Crippen molar-refractivity contribution in [3.05, 3.63) is 69.3 Å². The molecule has 0 aromatic heterocycles. The Kier molecular flexibility index (Phi) is 7.59. The second-order valence-corrected chi connectivity index (χ2v) is 6.56. The highest BCUT2D eigenvalue weighted by atomic mass is 16.6. The number of rotatable bonds is 9. The van der Waals surface area contributed by atoms with Gasteiger partial charge in [0.05, 0.1) is 4.92 Å². The molecule has 0 atom stereocenters. The van der Waals surface area contributed by atoms with Crippen molar-refractivity contribution in [3.8, 4) is 0 Å². The highest BCUT2D eigenvalue weighted by Crippen LogP contribution is 2.19. The first kappa shape index (κ1) is 21.7. The van der Waals surface area contributed by atoms with Gasteiger partial charge in [-0.15, -0.1) is 0 Å². The lowest BCUT2D eigenvalue weighted by Crippen LogP contribution is -2.16. The lowest BCUT2D eigenvalue weighted by atomic mass is 10.1. The Morgan fingerprint density at radius 3 is 2.45 bits per heavy atom. The Morgan fingerprint density at radius 2 is 1.76 bits per heavy atom. The SMILES string of the molecule is Cc1ccccc1NC(=O)CCCC(=O)OCC(=O)c1ccc(C)c([N+](=O)[O-])c1. The van der Waals surface area contributed by atoms with Crippen molar-refractivity contribution < 1.29 is 24.0 Å². The van der Waals surface area contributed by atoms with Crippen LogP contribution in [0.5, 0.6) is 0 Å². The number of carbonyl (C=O) groups excluding carboxylic acids is 3. The highest BCUT2D eigenvalue weighted by Gasteiger charge is 2.16. The van der Waals surface area contributed by atoms with Gasteiger partial charge in [-0.05, 0) is 31.9 Å². The quantitative estimate of drug-likeness (QED) is 0.298. The van der Waals surface area contributed by atoms with Crippen LogP contribution in [0, 0.1) is 24.0 Å². The molecule has 1 amide bonds. The first-order chi connectivity index (χ1) is 13.8. The fourth-order valence-electron chi connectivity index (χ4n) is 2.60. The Bertz CT molecular complexity index is 939. The molecular formula is C21H22N2O6. The molecule has 2 aromatic carbocycles. The molecule has 0 fully saturated rings. The lowest BCUT2D eigenvalue weighted by Gasteiger charge is -2.08. The number of aryl methyl sites for hydroxylation is 2. The summed E-state index contributed by atoms with van der Waals surface area (Å²) in [5.74, 6) is -1.35. The number of ether oxygens (including phenoxy) is 1. The smallest absolute Gasteiger partial charge is 0.306 e. The number of nitrogens with zero attached hydrogens (tertiary/aromatic N) is 1. The number of carbonyl (C=O) groups is 3. The maximum Gasteiger partial charge on any atom is 0.306 e. The van der Waals surface area contributed by atoms with E-state index in [1.165, 1.54) is 18.2 Å². The van der Waals surface area contributed by atoms with E-state index in [0.717, 1.165) is 11.3 Å². The van der Waals surface area contributed by atoms with Crippen LogP contribution in [-0.4, -0.2) is 29.2 Å². The van der Waals surface area contributed by atoms with Crippen LogP contribution in [0.25, 0.3) is 0 Å². The van der Waals surface area contributed by atoms with E-state index in [9.17, 15) is 24.5 Å². The summed E-state index contributed by atoms with van der Waals surface area (Å²) in [6.07, 6.45) is 0.408. The summed E-state index contributed by atoms with van der Waals surface area (Å²) in [7, 11) is 0. The van der Waals surface area contributed by atoms with E-state index in [1.807, 2.05) is 25.1 Å². The summed E-state index contributed by atoms with van der Waals surface area (Å²) >= 11 is 0. The molecule has 152 valence electrons. The number of nitrogens with one attached hydrogen (secondary N) is 1. The van der Waals surface area contributed by atoms with Crippen molar-refractivity contribution in [1.29, 1.82) is 0 Å². The van der Waals surface area contributed by atoms with Gasteiger partial charge in [0.1, 0.15) is 0 Å². The second-order valence-electron chi connectivity index (χ2n) is 6.56. The van der Waals surface area contributed by atoms with Gasteiger partial charge < -0.3 is 10.1 Å². The molecule has 0 spiro atoms. The second kappa shape index (κ2) is 10.1. The molecule has 0 aliphatic heterocycles. The van der Waals surface area contributed by atoms with E-state index in [2.05, 4.69) is 5.32 Å². The van der Waals surface area contributed by atoms with Crippen molar-refractivity contribution in [2.24, 2.45) is 0 Å². The summed E-state index contributed by atoms with van der Waals surface area (Å²) in [5, 5.41) is 13.7. The van der Waals surface area contributed by atoms with Crippen LogP contribution in [0.3, 0.4) is 0 Å². The number of nitro groups is 1. The lowest BCUT2D eigenvalue weighted by molar-refractivity contribution is -0.385. The van der Waals surface area contributed by atoms with E-state index in [0.29, 0.717) is 5.56 Å². The molecule has 29 heavy (non-hydrogen) atoms. The Balaban J connectivity index is 1.75. The number of esters is 1. The molecule has 1 N–H and O–H groups in total. The van der Waals surface area contributed by atoms with Crippen molar-refractivity contribution >= 4 is 29.0 Å². The fourth-order valence-corrected chi connectivity index (χ4v) is 2.60. The number of nitro benzene ring substituents is 1. The third kappa shape index (κ3) is 6.53. The number of para-hydroxylation sites is 1. The van der Waals surface area contributed by atoms with Gasteiger partial charge in [0, 0.05) is 35.7 Å². The molecule has 0 saturated heterocycles.